The van der Waals surface area contributed by atoms with Crippen LogP contribution in [0.2, 0.25) is 0 Å². The Balaban J connectivity index is 2.95. The second-order valence-electron chi connectivity index (χ2n) is 4.00. The lowest BCUT2D eigenvalue weighted by Gasteiger charge is -2.28. The molecule has 2 N–H and O–H groups in total. The van der Waals surface area contributed by atoms with Gasteiger partial charge in [-0.2, -0.15) is 4.37 Å². The summed E-state index contributed by atoms with van der Waals surface area (Å²) in [6.07, 6.45) is 0. The van der Waals surface area contributed by atoms with E-state index in [9.17, 15) is 0 Å². The van der Waals surface area contributed by atoms with Gasteiger partial charge >= 0.3 is 0 Å². The van der Waals surface area contributed by atoms with Crippen molar-refractivity contribution >= 4 is 22.4 Å². The Kier molecular flexibility index (Phi) is 3.79. The second-order valence-corrected chi connectivity index (χ2v) is 4.75. The van der Waals surface area contributed by atoms with E-state index >= 15 is 0 Å². The van der Waals surface area contributed by atoms with Crippen LogP contribution in [0.4, 0.5) is 10.8 Å². The topological polar surface area (TPSA) is 51.4 Å². The van der Waals surface area contributed by atoms with E-state index in [1.54, 1.807) is 7.11 Å². The first-order valence-electron chi connectivity index (χ1n) is 5.01. The predicted octanol–water partition coefficient (Wildman–Crippen LogP) is 2.21. The minimum Gasteiger partial charge on any atom is -0.490 e. The fraction of sp³-hybridized carbons (Fsp3) is 0.700. The molecule has 0 fully saturated rings. The van der Waals surface area contributed by atoms with Gasteiger partial charge in [0.2, 0.25) is 0 Å². The highest BCUT2D eigenvalue weighted by Crippen LogP contribution is 2.38. The summed E-state index contributed by atoms with van der Waals surface area (Å²) in [6.45, 7) is 6.57. The van der Waals surface area contributed by atoms with Gasteiger partial charge in [-0.1, -0.05) is 13.8 Å². The van der Waals surface area contributed by atoms with Crippen LogP contribution in [0.25, 0.3) is 0 Å². The molecule has 1 rings (SSSR count). The van der Waals surface area contributed by atoms with Gasteiger partial charge in [0.25, 0.3) is 0 Å². The van der Waals surface area contributed by atoms with Crippen molar-refractivity contribution in [3.8, 4) is 5.75 Å². The van der Waals surface area contributed by atoms with Gasteiger partial charge in [-0.05, 0) is 24.4 Å². The molecule has 5 heteroatoms. The van der Waals surface area contributed by atoms with Crippen molar-refractivity contribution < 1.29 is 4.74 Å². The van der Waals surface area contributed by atoms with Crippen molar-refractivity contribution in [1.29, 1.82) is 0 Å². The molecular formula is C10H19N3OS. The average Bonchev–Trinajstić information content (AvgIpc) is 2.57. The number of aromatic nitrogens is 1. The summed E-state index contributed by atoms with van der Waals surface area (Å²) in [5.74, 6) is 1.73. The number of ether oxygens (including phenoxy) is 1. The number of hydrogen-bond acceptors (Lipinski definition) is 5. The molecule has 1 atom stereocenters. The molecule has 15 heavy (non-hydrogen) atoms. The maximum atomic E-state index is 5.71. The Morgan fingerprint density at radius 1 is 1.40 bits per heavy atom. The van der Waals surface area contributed by atoms with Crippen molar-refractivity contribution in [2.45, 2.75) is 26.8 Å². The number of methoxy groups -OCH3 is 1. The first-order chi connectivity index (χ1) is 6.99. The van der Waals surface area contributed by atoms with Gasteiger partial charge in [-0.3, -0.25) is 0 Å². The first-order valence-corrected chi connectivity index (χ1v) is 5.78. The van der Waals surface area contributed by atoms with Crippen LogP contribution >= 0.6 is 11.5 Å². The lowest BCUT2D eigenvalue weighted by atomic mass is 10.1. The maximum absolute atomic E-state index is 5.71. The largest absolute Gasteiger partial charge is 0.490 e. The highest BCUT2D eigenvalue weighted by molar-refractivity contribution is 7.11. The summed E-state index contributed by atoms with van der Waals surface area (Å²) >= 11 is 1.38. The van der Waals surface area contributed by atoms with Gasteiger partial charge in [0.15, 0.2) is 16.6 Å². The molecule has 0 radical (unpaired) electrons. The second kappa shape index (κ2) is 4.70. The number of nitrogens with zero attached hydrogens (tertiary/aromatic N) is 2. The molecule has 1 unspecified atom stereocenters. The molecule has 4 nitrogen and oxygen atoms in total. The maximum Gasteiger partial charge on any atom is 0.197 e. The van der Waals surface area contributed by atoms with Crippen LogP contribution in [0.3, 0.4) is 0 Å². The third-order valence-corrected chi connectivity index (χ3v) is 3.69. The molecule has 0 saturated carbocycles. The predicted molar refractivity (Wildman–Crippen MR) is 65.8 cm³/mol. The molecule has 0 aliphatic heterocycles. The van der Waals surface area contributed by atoms with Crippen molar-refractivity contribution in [2.75, 3.05) is 24.8 Å². The van der Waals surface area contributed by atoms with Crippen LogP contribution in [-0.4, -0.2) is 24.6 Å². The van der Waals surface area contributed by atoms with Gasteiger partial charge in [-0.25, -0.2) is 0 Å². The van der Waals surface area contributed by atoms with Gasteiger partial charge < -0.3 is 15.4 Å². The highest BCUT2D eigenvalue weighted by atomic mass is 32.1. The van der Waals surface area contributed by atoms with E-state index < -0.39 is 0 Å². The molecule has 0 bridgehead atoms. The number of nitrogens with two attached hydrogens (primary N) is 1. The fourth-order valence-electron chi connectivity index (χ4n) is 1.33. The Labute approximate surface area is 95.2 Å². The number of anilines is 2. The Bertz CT molecular complexity index is 324. The number of rotatable bonds is 4. The van der Waals surface area contributed by atoms with E-state index in [1.165, 1.54) is 11.5 Å². The minimum absolute atomic E-state index is 0.429. The van der Waals surface area contributed by atoms with Gasteiger partial charge in [0.05, 0.1) is 7.11 Å². The van der Waals surface area contributed by atoms with Crippen molar-refractivity contribution in [2.24, 2.45) is 5.92 Å². The number of nitrogen functional groups attached to an aromatic ring is 1. The summed E-state index contributed by atoms with van der Waals surface area (Å²) in [7, 11) is 3.66. The van der Waals surface area contributed by atoms with Crippen LogP contribution in [0.1, 0.15) is 20.8 Å². The van der Waals surface area contributed by atoms with E-state index in [0.29, 0.717) is 23.5 Å². The molecule has 0 saturated heterocycles. The van der Waals surface area contributed by atoms with Crippen molar-refractivity contribution in [3.63, 3.8) is 0 Å². The molecule has 0 aliphatic carbocycles. The Morgan fingerprint density at radius 3 is 2.47 bits per heavy atom. The van der Waals surface area contributed by atoms with Gasteiger partial charge in [-0.15, -0.1) is 0 Å². The van der Waals surface area contributed by atoms with Gasteiger partial charge in [0.1, 0.15) is 0 Å². The van der Waals surface area contributed by atoms with Crippen LogP contribution in [0.15, 0.2) is 0 Å². The summed E-state index contributed by atoms with van der Waals surface area (Å²) in [5.41, 5.74) is 5.71. The lowest BCUT2D eigenvalue weighted by Crippen LogP contribution is -2.32. The SMILES string of the molecule is COc1c(N)nsc1N(C)C(C)C(C)C. The zero-order valence-corrected chi connectivity index (χ0v) is 10.8. The number of hydrogen-bond donors (Lipinski definition) is 1. The Morgan fingerprint density at radius 2 is 2.00 bits per heavy atom. The van der Waals surface area contributed by atoms with Crippen molar-refractivity contribution in [3.05, 3.63) is 0 Å². The smallest absolute Gasteiger partial charge is 0.197 e. The zero-order valence-electron chi connectivity index (χ0n) is 9.94. The molecule has 86 valence electrons. The van der Waals surface area contributed by atoms with Crippen molar-refractivity contribution in [1.82, 2.24) is 4.37 Å². The first kappa shape index (κ1) is 12.1. The summed E-state index contributed by atoms with van der Waals surface area (Å²) in [5, 5.41) is 0.996. The van der Waals surface area contributed by atoms with E-state index in [-0.39, 0.29) is 0 Å². The van der Waals surface area contributed by atoms with E-state index in [1.807, 2.05) is 7.05 Å². The van der Waals surface area contributed by atoms with Crippen LogP contribution in [0, 0.1) is 5.92 Å². The quantitative estimate of drug-likeness (QED) is 0.860. The minimum atomic E-state index is 0.429. The summed E-state index contributed by atoms with van der Waals surface area (Å²) < 4.78 is 9.35. The van der Waals surface area contributed by atoms with Crippen LogP contribution < -0.4 is 15.4 Å². The standard InChI is InChI=1S/C10H19N3OS/c1-6(2)7(3)13(4)10-8(14-5)9(11)12-15-10/h6-7H,1-5H3,(H2,11,12). The fourth-order valence-corrected chi connectivity index (χ4v) is 2.17. The summed E-state index contributed by atoms with van der Waals surface area (Å²) in [6, 6.07) is 0.429. The third kappa shape index (κ3) is 2.34. The molecule has 1 aromatic rings. The van der Waals surface area contributed by atoms with E-state index in [4.69, 9.17) is 10.5 Å². The third-order valence-electron chi connectivity index (χ3n) is 2.76. The normalized spacial score (nSPS) is 12.9. The van der Waals surface area contributed by atoms with E-state index in [2.05, 4.69) is 30.0 Å². The van der Waals surface area contributed by atoms with Gasteiger partial charge in [0, 0.05) is 13.1 Å². The zero-order chi connectivity index (χ0) is 11.6. The Hall–Kier alpha value is -0.970. The lowest BCUT2D eigenvalue weighted by molar-refractivity contribution is 0.414. The molecule has 0 amide bonds. The van der Waals surface area contributed by atoms with Crippen LogP contribution in [0.5, 0.6) is 5.75 Å². The molecule has 1 aromatic heterocycles. The van der Waals surface area contributed by atoms with Crippen LogP contribution in [-0.2, 0) is 0 Å². The molecule has 0 aromatic carbocycles. The molecular weight excluding hydrogens is 210 g/mol. The summed E-state index contributed by atoms with van der Waals surface area (Å²) in [4.78, 5) is 2.16. The molecule has 0 spiro atoms. The molecule has 1 heterocycles. The monoisotopic (exact) mass is 229 g/mol. The highest BCUT2D eigenvalue weighted by Gasteiger charge is 2.21. The molecule has 0 aliphatic rings. The van der Waals surface area contributed by atoms with E-state index in [0.717, 1.165) is 5.00 Å². The average molecular weight is 229 g/mol.